The van der Waals surface area contributed by atoms with E-state index in [9.17, 15) is 18.4 Å². The molecule has 1 aliphatic carbocycles. The Kier molecular flexibility index (Phi) is 5.57. The van der Waals surface area contributed by atoms with Gasteiger partial charge < -0.3 is 14.8 Å². The number of aliphatic carboxylic acids is 1. The van der Waals surface area contributed by atoms with E-state index in [2.05, 4.69) is 10.3 Å². The first-order valence-electron chi connectivity index (χ1n) is 10.9. The fraction of sp³-hybridized carbons (Fsp3) is 0.192. The van der Waals surface area contributed by atoms with Gasteiger partial charge >= 0.3 is 5.97 Å². The van der Waals surface area contributed by atoms with Crippen LogP contribution in [0.5, 0.6) is 0 Å². The highest BCUT2D eigenvalue weighted by Crippen LogP contribution is 2.34. The maximum absolute atomic E-state index is 13.8. The second-order valence-electron chi connectivity index (χ2n) is 8.44. The zero-order valence-electron chi connectivity index (χ0n) is 17.9. The largest absolute Gasteiger partial charge is 0.481 e. The third kappa shape index (κ3) is 4.26. The van der Waals surface area contributed by atoms with Gasteiger partial charge in [0.15, 0.2) is 17.2 Å². The number of anilines is 2. The number of carboxylic acids is 1. The Morgan fingerprint density at radius 1 is 0.941 bits per heavy atom. The number of carbonyl (C=O) groups excluding carboxylic acids is 1. The normalized spacial score (nSPS) is 17.7. The molecule has 2 N–H and O–H groups in total. The van der Waals surface area contributed by atoms with Crippen LogP contribution >= 0.6 is 0 Å². The lowest BCUT2D eigenvalue weighted by atomic mass is 9.93. The molecule has 0 radical (unpaired) electrons. The molecule has 0 aliphatic heterocycles. The summed E-state index contributed by atoms with van der Waals surface area (Å²) in [5, 5.41) is 12.1. The number of oxazole rings is 1. The summed E-state index contributed by atoms with van der Waals surface area (Å²) in [6.07, 6.45) is 1.54. The first-order valence-corrected chi connectivity index (χ1v) is 10.9. The number of fused-ring (bicyclic) bond motifs is 1. The first kappa shape index (κ1) is 21.8. The minimum absolute atomic E-state index is 0.00972. The molecule has 0 saturated heterocycles. The van der Waals surface area contributed by atoms with Gasteiger partial charge in [-0.15, -0.1) is 0 Å². The summed E-state index contributed by atoms with van der Waals surface area (Å²) < 4.78 is 32.5. The molecule has 0 bridgehead atoms. The van der Waals surface area contributed by atoms with Crippen molar-refractivity contribution in [2.45, 2.75) is 19.3 Å². The number of carbonyl (C=O) groups is 2. The molecular weight excluding hydrogens is 442 g/mol. The van der Waals surface area contributed by atoms with E-state index in [1.807, 2.05) is 24.3 Å². The first-order chi connectivity index (χ1) is 16.4. The molecule has 2 atom stereocenters. The number of aromatic nitrogens is 1. The van der Waals surface area contributed by atoms with E-state index < -0.39 is 23.5 Å². The Morgan fingerprint density at radius 2 is 1.59 bits per heavy atom. The summed E-state index contributed by atoms with van der Waals surface area (Å²) >= 11 is 0. The van der Waals surface area contributed by atoms with Crippen molar-refractivity contribution in [1.82, 2.24) is 4.98 Å². The number of halogens is 2. The van der Waals surface area contributed by atoms with Crippen molar-refractivity contribution >= 4 is 34.6 Å². The summed E-state index contributed by atoms with van der Waals surface area (Å²) in [4.78, 5) is 27.9. The zero-order valence-corrected chi connectivity index (χ0v) is 17.9. The van der Waals surface area contributed by atoms with Gasteiger partial charge in [0.25, 0.3) is 6.01 Å². The van der Waals surface area contributed by atoms with Gasteiger partial charge in [-0.1, -0.05) is 36.4 Å². The highest BCUT2D eigenvalue weighted by atomic mass is 19.1. The molecule has 34 heavy (non-hydrogen) atoms. The molecule has 5 rings (SSSR count). The lowest BCUT2D eigenvalue weighted by molar-refractivity contribution is -0.141. The lowest BCUT2D eigenvalue weighted by Gasteiger charge is -2.10. The van der Waals surface area contributed by atoms with Crippen molar-refractivity contribution in [2.75, 3.05) is 5.32 Å². The molecule has 172 valence electrons. The smallest absolute Gasteiger partial charge is 0.306 e. The molecule has 1 heterocycles. The van der Waals surface area contributed by atoms with E-state index in [1.165, 1.54) is 0 Å². The van der Waals surface area contributed by atoms with Crippen LogP contribution in [0.1, 0.15) is 29.6 Å². The molecule has 2 unspecified atom stereocenters. The molecule has 1 fully saturated rings. The van der Waals surface area contributed by atoms with Crippen LogP contribution in [-0.4, -0.2) is 21.8 Å². The van der Waals surface area contributed by atoms with Crippen molar-refractivity contribution < 1.29 is 27.9 Å². The summed E-state index contributed by atoms with van der Waals surface area (Å²) in [5.74, 6) is -3.05. The van der Waals surface area contributed by atoms with Crippen LogP contribution in [0.3, 0.4) is 0 Å². The van der Waals surface area contributed by atoms with Crippen molar-refractivity contribution in [2.24, 2.45) is 11.8 Å². The highest BCUT2D eigenvalue weighted by Gasteiger charge is 2.34. The molecule has 0 spiro atoms. The quantitative estimate of drug-likeness (QED) is 0.332. The zero-order chi connectivity index (χ0) is 23.8. The van der Waals surface area contributed by atoms with Gasteiger partial charge in [-0.05, 0) is 42.5 Å². The van der Waals surface area contributed by atoms with E-state index in [0.717, 1.165) is 23.3 Å². The molecule has 1 aliphatic rings. The molecular formula is C26H20F2N2O4. The molecule has 4 aromatic rings. The number of hydrogen-bond acceptors (Lipinski definition) is 5. The van der Waals surface area contributed by atoms with Gasteiger partial charge in [-0.2, -0.15) is 4.98 Å². The Morgan fingerprint density at radius 3 is 2.24 bits per heavy atom. The van der Waals surface area contributed by atoms with Crippen LogP contribution in [-0.2, 0) is 4.79 Å². The number of benzene rings is 3. The number of rotatable bonds is 6. The number of Topliss-reactive ketones (excluding diaryl/α,β-unsaturated/α-hetero) is 1. The van der Waals surface area contributed by atoms with Crippen LogP contribution < -0.4 is 5.32 Å². The number of ketones is 1. The fourth-order valence-corrected chi connectivity index (χ4v) is 4.39. The summed E-state index contributed by atoms with van der Waals surface area (Å²) in [7, 11) is 0. The number of hydrogen-bond donors (Lipinski definition) is 2. The minimum Gasteiger partial charge on any atom is -0.481 e. The highest BCUT2D eigenvalue weighted by molar-refractivity contribution is 5.98. The van der Waals surface area contributed by atoms with E-state index >= 15 is 0 Å². The van der Waals surface area contributed by atoms with Gasteiger partial charge in [0.2, 0.25) is 0 Å². The number of nitrogens with zero attached hydrogens (tertiary/aromatic N) is 1. The molecule has 1 saturated carbocycles. The molecule has 1 aromatic heterocycles. The van der Waals surface area contributed by atoms with Crippen molar-refractivity contribution in [1.29, 1.82) is 0 Å². The maximum atomic E-state index is 13.8. The van der Waals surface area contributed by atoms with Gasteiger partial charge in [0, 0.05) is 29.3 Å². The average Bonchev–Trinajstić information content (AvgIpc) is 3.47. The average molecular weight is 462 g/mol. The predicted octanol–water partition coefficient (Wildman–Crippen LogP) is 6.20. The van der Waals surface area contributed by atoms with Crippen LogP contribution in [0.2, 0.25) is 0 Å². The van der Waals surface area contributed by atoms with E-state index in [0.29, 0.717) is 30.5 Å². The Labute approximate surface area is 193 Å². The maximum Gasteiger partial charge on any atom is 0.306 e. The van der Waals surface area contributed by atoms with Crippen LogP contribution in [0, 0.1) is 23.5 Å². The second-order valence-corrected chi connectivity index (χ2v) is 8.44. The lowest BCUT2D eigenvalue weighted by Crippen LogP contribution is -2.14. The van der Waals surface area contributed by atoms with E-state index in [-0.39, 0.29) is 28.8 Å². The fourth-order valence-electron chi connectivity index (χ4n) is 4.39. The number of carboxylic acid groups (broad SMARTS) is 1. The third-order valence-corrected chi connectivity index (χ3v) is 6.20. The Balaban J connectivity index is 1.27. The monoisotopic (exact) mass is 462 g/mol. The standard InChI is InChI=1S/C26H20F2N2O4/c27-19-12-21(28)23-22(13-19)34-26(30-23)29-20-9-7-15(8-10-20)14-1-3-16(4-2-14)24(31)17-5-6-18(11-17)25(32)33/h1-4,7-10,12-13,17-18H,5-6,11H2,(H,29,30)(H,32,33). The summed E-state index contributed by atoms with van der Waals surface area (Å²) in [6, 6.07) is 16.5. The summed E-state index contributed by atoms with van der Waals surface area (Å²) in [6.45, 7) is 0. The topological polar surface area (TPSA) is 92.4 Å². The number of nitrogens with one attached hydrogen (secondary N) is 1. The van der Waals surface area contributed by atoms with Crippen molar-refractivity contribution in [3.8, 4) is 11.1 Å². The van der Waals surface area contributed by atoms with Crippen LogP contribution in [0.15, 0.2) is 65.1 Å². The van der Waals surface area contributed by atoms with Gasteiger partial charge in [-0.25, -0.2) is 8.78 Å². The van der Waals surface area contributed by atoms with Crippen LogP contribution in [0.25, 0.3) is 22.2 Å². The Bertz CT molecular complexity index is 1380. The molecule has 8 heteroatoms. The van der Waals surface area contributed by atoms with Crippen LogP contribution in [0.4, 0.5) is 20.5 Å². The van der Waals surface area contributed by atoms with Gasteiger partial charge in [0.1, 0.15) is 11.3 Å². The van der Waals surface area contributed by atoms with E-state index in [1.54, 1.807) is 24.3 Å². The van der Waals surface area contributed by atoms with Crippen molar-refractivity contribution in [3.63, 3.8) is 0 Å². The van der Waals surface area contributed by atoms with Gasteiger partial charge in [-0.3, -0.25) is 9.59 Å². The minimum atomic E-state index is -0.833. The molecule has 0 amide bonds. The van der Waals surface area contributed by atoms with E-state index in [4.69, 9.17) is 9.52 Å². The predicted molar refractivity (Wildman–Crippen MR) is 122 cm³/mol. The second kappa shape index (κ2) is 8.70. The Hall–Kier alpha value is -4.07. The SMILES string of the molecule is O=C(O)C1CCC(C(=O)c2ccc(-c3ccc(Nc4nc5c(F)cc(F)cc5o4)cc3)cc2)C1. The third-order valence-electron chi connectivity index (χ3n) is 6.20. The summed E-state index contributed by atoms with van der Waals surface area (Å²) in [5.41, 5.74) is 3.03. The molecule has 3 aromatic carbocycles. The molecule has 6 nitrogen and oxygen atoms in total. The van der Waals surface area contributed by atoms with Gasteiger partial charge in [0.05, 0.1) is 5.92 Å². The van der Waals surface area contributed by atoms with Crippen molar-refractivity contribution in [3.05, 3.63) is 77.9 Å².